The molecule has 0 saturated carbocycles. The van der Waals surface area contributed by atoms with Gasteiger partial charge in [0.15, 0.2) is 5.76 Å². The van der Waals surface area contributed by atoms with Crippen LogP contribution in [0.3, 0.4) is 0 Å². The number of rotatable bonds is 7. The Labute approximate surface area is 181 Å². The summed E-state index contributed by atoms with van der Waals surface area (Å²) < 4.78 is 17.4. The van der Waals surface area contributed by atoms with Gasteiger partial charge in [-0.05, 0) is 61.7 Å². The van der Waals surface area contributed by atoms with Crippen molar-refractivity contribution in [2.45, 2.75) is 33.9 Å². The molecule has 0 saturated heterocycles. The number of benzene rings is 2. The number of ether oxygens (including phenoxy) is 1. The molecular formula is C25H23N3O3. The molecule has 6 heteroatoms. The number of anilines is 1. The van der Waals surface area contributed by atoms with Gasteiger partial charge in [-0.15, -0.1) is 0 Å². The molecule has 2 heterocycles. The Bertz CT molecular complexity index is 1230. The maximum Gasteiger partial charge on any atom is 0.266 e. The van der Waals surface area contributed by atoms with E-state index in [9.17, 15) is 5.26 Å². The van der Waals surface area contributed by atoms with Crippen LogP contribution >= 0.6 is 0 Å². The molecule has 2 aromatic carbocycles. The Hall–Kier alpha value is -3.98. The fourth-order valence-electron chi connectivity index (χ4n) is 3.04. The quantitative estimate of drug-likeness (QED) is 0.405. The first kappa shape index (κ1) is 20.3. The summed E-state index contributed by atoms with van der Waals surface area (Å²) in [6.07, 6.45) is 0. The van der Waals surface area contributed by atoms with E-state index in [2.05, 4.69) is 23.3 Å². The topological polar surface area (TPSA) is 84.2 Å². The SMILES string of the molecule is Cc1ccc(CNc2oc(-c3ccc(COc4ccc(C)c(C)c4)o3)nc2C#N)cc1. The van der Waals surface area contributed by atoms with Crippen LogP contribution in [0.2, 0.25) is 0 Å². The second kappa shape index (κ2) is 8.80. The highest BCUT2D eigenvalue weighted by Gasteiger charge is 2.17. The van der Waals surface area contributed by atoms with E-state index >= 15 is 0 Å². The Morgan fingerprint density at radius 2 is 1.77 bits per heavy atom. The van der Waals surface area contributed by atoms with Crippen LogP contribution in [0.1, 0.15) is 33.7 Å². The van der Waals surface area contributed by atoms with Crippen LogP contribution in [-0.4, -0.2) is 4.98 Å². The predicted molar refractivity (Wildman–Crippen MR) is 118 cm³/mol. The second-order valence-electron chi connectivity index (χ2n) is 7.45. The molecule has 4 rings (SSSR count). The van der Waals surface area contributed by atoms with Gasteiger partial charge in [-0.25, -0.2) is 0 Å². The van der Waals surface area contributed by atoms with Crippen LogP contribution in [0.25, 0.3) is 11.7 Å². The molecule has 1 N–H and O–H groups in total. The Morgan fingerprint density at radius 3 is 2.52 bits per heavy atom. The van der Waals surface area contributed by atoms with Crippen molar-refractivity contribution in [2.75, 3.05) is 5.32 Å². The average Bonchev–Trinajstić information content (AvgIpc) is 3.41. The number of nitrogens with one attached hydrogen (secondary N) is 1. The van der Waals surface area contributed by atoms with Crippen LogP contribution in [0.5, 0.6) is 5.75 Å². The van der Waals surface area contributed by atoms with Crippen molar-refractivity contribution < 1.29 is 13.6 Å². The van der Waals surface area contributed by atoms with Crippen LogP contribution < -0.4 is 10.1 Å². The maximum absolute atomic E-state index is 9.41. The molecule has 31 heavy (non-hydrogen) atoms. The monoisotopic (exact) mass is 413 g/mol. The third-order valence-electron chi connectivity index (χ3n) is 5.04. The molecule has 156 valence electrons. The summed E-state index contributed by atoms with van der Waals surface area (Å²) in [4.78, 5) is 4.25. The van der Waals surface area contributed by atoms with E-state index in [4.69, 9.17) is 13.6 Å². The number of nitriles is 1. The summed E-state index contributed by atoms with van der Waals surface area (Å²) in [5.41, 5.74) is 4.85. The lowest BCUT2D eigenvalue weighted by molar-refractivity contribution is 0.271. The number of hydrogen-bond acceptors (Lipinski definition) is 6. The lowest BCUT2D eigenvalue weighted by Crippen LogP contribution is -1.99. The second-order valence-corrected chi connectivity index (χ2v) is 7.45. The van der Waals surface area contributed by atoms with Gasteiger partial charge in [-0.2, -0.15) is 10.2 Å². The van der Waals surface area contributed by atoms with Gasteiger partial charge >= 0.3 is 0 Å². The summed E-state index contributed by atoms with van der Waals surface area (Å²) in [6, 6.07) is 19.7. The number of aryl methyl sites for hydroxylation is 3. The van der Waals surface area contributed by atoms with Gasteiger partial charge in [0.25, 0.3) is 5.89 Å². The van der Waals surface area contributed by atoms with Gasteiger partial charge in [0.05, 0.1) is 0 Å². The van der Waals surface area contributed by atoms with Crippen molar-refractivity contribution in [3.05, 3.63) is 88.3 Å². The summed E-state index contributed by atoms with van der Waals surface area (Å²) >= 11 is 0. The van der Waals surface area contributed by atoms with Crippen molar-refractivity contribution in [1.29, 1.82) is 5.26 Å². The first-order valence-corrected chi connectivity index (χ1v) is 10.0. The summed E-state index contributed by atoms with van der Waals surface area (Å²) in [6.45, 7) is 6.96. The minimum atomic E-state index is 0.187. The van der Waals surface area contributed by atoms with E-state index in [1.165, 1.54) is 16.7 Å². The molecule has 0 bridgehead atoms. The van der Waals surface area contributed by atoms with Crippen LogP contribution in [-0.2, 0) is 13.2 Å². The van der Waals surface area contributed by atoms with Crippen LogP contribution in [0, 0.1) is 32.1 Å². The van der Waals surface area contributed by atoms with E-state index in [0.29, 0.717) is 23.9 Å². The Kier molecular flexibility index (Phi) is 5.76. The standard InChI is InChI=1S/C25H23N3O3/c1-16-4-7-19(8-5-16)14-27-24-22(13-26)28-25(31-24)23-11-10-21(30-23)15-29-20-9-6-17(2)18(3)12-20/h4-12,27H,14-15H2,1-3H3. The van der Waals surface area contributed by atoms with Gasteiger partial charge in [0.2, 0.25) is 11.6 Å². The molecule has 4 aromatic rings. The van der Waals surface area contributed by atoms with E-state index in [0.717, 1.165) is 11.3 Å². The van der Waals surface area contributed by atoms with Crippen molar-refractivity contribution in [1.82, 2.24) is 4.98 Å². The third-order valence-corrected chi connectivity index (χ3v) is 5.04. The number of hydrogen-bond donors (Lipinski definition) is 1. The van der Waals surface area contributed by atoms with Gasteiger partial charge in [-0.3, -0.25) is 0 Å². The zero-order valence-electron chi connectivity index (χ0n) is 17.7. The number of aromatic nitrogens is 1. The first-order chi connectivity index (χ1) is 15.0. The smallest absolute Gasteiger partial charge is 0.266 e. The minimum absolute atomic E-state index is 0.187. The van der Waals surface area contributed by atoms with E-state index in [1.807, 2.05) is 62.4 Å². The fraction of sp³-hybridized carbons (Fsp3) is 0.200. The molecule has 0 unspecified atom stereocenters. The van der Waals surface area contributed by atoms with Gasteiger partial charge < -0.3 is 18.9 Å². The van der Waals surface area contributed by atoms with E-state index in [1.54, 1.807) is 6.07 Å². The van der Waals surface area contributed by atoms with Crippen LogP contribution in [0.15, 0.2) is 63.4 Å². The molecule has 2 aromatic heterocycles. The predicted octanol–water partition coefficient (Wildman–Crippen LogP) is 5.92. The lowest BCUT2D eigenvalue weighted by Gasteiger charge is -2.06. The Balaban J connectivity index is 1.43. The van der Waals surface area contributed by atoms with Gasteiger partial charge in [0, 0.05) is 6.54 Å². The molecule has 0 aliphatic carbocycles. The summed E-state index contributed by atoms with van der Waals surface area (Å²) in [7, 11) is 0. The molecule has 0 spiro atoms. The lowest BCUT2D eigenvalue weighted by atomic mass is 10.1. The zero-order valence-corrected chi connectivity index (χ0v) is 17.7. The normalized spacial score (nSPS) is 10.6. The molecule has 0 atom stereocenters. The maximum atomic E-state index is 9.41. The first-order valence-electron chi connectivity index (χ1n) is 10.0. The largest absolute Gasteiger partial charge is 0.486 e. The Morgan fingerprint density at radius 1 is 0.968 bits per heavy atom. The number of nitrogens with zero attached hydrogens (tertiary/aromatic N) is 2. The highest BCUT2D eigenvalue weighted by atomic mass is 16.5. The number of furan rings is 1. The highest BCUT2D eigenvalue weighted by Crippen LogP contribution is 2.28. The zero-order chi connectivity index (χ0) is 21.8. The van der Waals surface area contributed by atoms with Crippen molar-refractivity contribution in [3.63, 3.8) is 0 Å². The highest BCUT2D eigenvalue weighted by molar-refractivity contribution is 5.54. The molecule has 6 nitrogen and oxygen atoms in total. The molecule has 0 fully saturated rings. The van der Waals surface area contributed by atoms with E-state index in [-0.39, 0.29) is 18.2 Å². The van der Waals surface area contributed by atoms with Crippen LogP contribution in [0.4, 0.5) is 5.88 Å². The van der Waals surface area contributed by atoms with Gasteiger partial charge in [0.1, 0.15) is 24.2 Å². The molecule has 0 amide bonds. The molecular weight excluding hydrogens is 390 g/mol. The van der Waals surface area contributed by atoms with E-state index < -0.39 is 0 Å². The van der Waals surface area contributed by atoms with Crippen molar-refractivity contribution in [3.8, 4) is 23.5 Å². The summed E-state index contributed by atoms with van der Waals surface area (Å²) in [5, 5.41) is 12.5. The number of oxazole rings is 1. The third kappa shape index (κ3) is 4.78. The van der Waals surface area contributed by atoms with Crippen molar-refractivity contribution >= 4 is 5.88 Å². The molecule has 0 aliphatic rings. The average molecular weight is 413 g/mol. The minimum Gasteiger partial charge on any atom is -0.486 e. The molecule has 0 aliphatic heterocycles. The molecule has 0 radical (unpaired) electrons. The fourth-order valence-corrected chi connectivity index (χ4v) is 3.04. The van der Waals surface area contributed by atoms with Crippen molar-refractivity contribution in [2.24, 2.45) is 0 Å². The summed E-state index contributed by atoms with van der Waals surface area (Å²) in [5.74, 6) is 2.44. The van der Waals surface area contributed by atoms with Gasteiger partial charge in [-0.1, -0.05) is 35.9 Å².